The minimum atomic E-state index is -1.11. The molecule has 2 heterocycles. The zero-order chi connectivity index (χ0) is 48.7. The van der Waals surface area contributed by atoms with Crippen LogP contribution >= 0.6 is 0 Å². The maximum absolute atomic E-state index is 13.4. The molecule has 3 aliphatic rings. The summed E-state index contributed by atoms with van der Waals surface area (Å²) in [5.41, 5.74) is 7.05. The first-order chi connectivity index (χ1) is 33.5. The quantitative estimate of drug-likeness (QED) is 0.0333. The van der Waals surface area contributed by atoms with Gasteiger partial charge in [-0.15, -0.1) is 0 Å². The van der Waals surface area contributed by atoms with Crippen LogP contribution in [0.25, 0.3) is 33.4 Å². The van der Waals surface area contributed by atoms with Crippen LogP contribution in [-0.4, -0.2) is 123 Å². The molecule has 4 aromatic rings. The normalized spacial score (nSPS) is 11.7. The number of anilines is 2. The lowest BCUT2D eigenvalue weighted by molar-refractivity contribution is -0.122. The Morgan fingerprint density at radius 1 is 0.710 bits per heavy atom. The van der Waals surface area contributed by atoms with Crippen LogP contribution in [0.4, 0.5) is 11.4 Å². The van der Waals surface area contributed by atoms with Crippen molar-refractivity contribution in [1.29, 1.82) is 0 Å². The molecule has 15 heteroatoms. The molecule has 0 saturated heterocycles. The Morgan fingerprint density at radius 3 is 2.12 bits per heavy atom. The molecule has 0 spiro atoms. The van der Waals surface area contributed by atoms with Crippen molar-refractivity contribution in [2.75, 3.05) is 104 Å². The molecule has 358 valence electrons. The summed E-state index contributed by atoms with van der Waals surface area (Å²) in [6.07, 6.45) is 0.307. The molecule has 0 aromatic heterocycles. The Labute approximate surface area is 401 Å². The zero-order valence-electron chi connectivity index (χ0n) is 39.5. The summed E-state index contributed by atoms with van der Waals surface area (Å²) >= 11 is 0. The van der Waals surface area contributed by atoms with Crippen LogP contribution in [-0.2, 0) is 35.1 Å². The summed E-state index contributed by atoms with van der Waals surface area (Å²) in [4.78, 5) is 55.5. The number of amides is 3. The molecule has 0 fully saturated rings. The Balaban J connectivity index is 0.766. The smallest absolute Gasteiger partial charge is 0.336 e. The van der Waals surface area contributed by atoms with Crippen molar-refractivity contribution in [2.24, 2.45) is 0 Å². The van der Waals surface area contributed by atoms with Gasteiger partial charge in [0, 0.05) is 91.1 Å². The third-order valence-corrected chi connectivity index (χ3v) is 11.5. The molecule has 4 aromatic carbocycles. The van der Waals surface area contributed by atoms with Crippen molar-refractivity contribution in [3.8, 4) is 34.3 Å². The number of rotatable bonds is 22. The van der Waals surface area contributed by atoms with Crippen molar-refractivity contribution in [3.05, 3.63) is 136 Å². The number of hydrogen-bond acceptors (Lipinski definition) is 10. The van der Waals surface area contributed by atoms with Crippen LogP contribution in [0.5, 0.6) is 0 Å². The fourth-order valence-electron chi connectivity index (χ4n) is 7.80. The van der Waals surface area contributed by atoms with E-state index in [4.69, 9.17) is 23.4 Å². The summed E-state index contributed by atoms with van der Waals surface area (Å²) in [7, 11) is 7.74. The maximum atomic E-state index is 13.4. The minimum Gasteiger partial charge on any atom is -0.478 e. The third-order valence-electron chi connectivity index (χ3n) is 11.5. The molecule has 0 unspecified atom stereocenters. The van der Waals surface area contributed by atoms with Crippen LogP contribution in [0.2, 0.25) is 0 Å². The lowest BCUT2D eigenvalue weighted by Gasteiger charge is -2.26. The average molecular weight is 937 g/mol. The third kappa shape index (κ3) is 13.0. The number of para-hydroxylation sites is 1. The molecule has 0 radical (unpaired) electrons. The number of carbonyl (C=O) groups excluding carboxylic acids is 3. The molecule has 15 nitrogen and oxygen atoms in total. The number of nitrogens with one attached hydrogen (secondary N) is 2. The van der Waals surface area contributed by atoms with Gasteiger partial charge >= 0.3 is 5.97 Å². The van der Waals surface area contributed by atoms with Crippen molar-refractivity contribution in [3.63, 3.8) is 0 Å². The number of carbonyl (C=O) groups is 4. The highest BCUT2D eigenvalue weighted by Crippen LogP contribution is 2.42. The lowest BCUT2D eigenvalue weighted by atomic mass is 9.89. The van der Waals surface area contributed by atoms with E-state index in [-0.39, 0.29) is 62.4 Å². The molecular weight excluding hydrogens is 879 g/mol. The monoisotopic (exact) mass is 936 g/mol. The predicted molar refractivity (Wildman–Crippen MR) is 265 cm³/mol. The van der Waals surface area contributed by atoms with Gasteiger partial charge < -0.3 is 48.9 Å². The summed E-state index contributed by atoms with van der Waals surface area (Å²) < 4.78 is 30.7. The Bertz CT molecular complexity index is 2910. The standard InChI is InChI=1S/C54H57N5O10/c1-57(2)41-16-19-44-48(34-41)69-49-35-42(58(3)4)17-20-45(49)52(44)46-33-39(15-18-43(46)54(63)64)53(62)56-24-26-66-28-30-68-32-31-67-29-27-65-25-22-50(60)55-23-21-51(61)59-36-40-11-6-5-9-37(40)13-14-38-10-7-8-12-47(38)59/h5-12,15-20,33-35H,21-32,36H2,1-4H3,(H2-,55,56,60,62,63,64)/p+1. The van der Waals surface area contributed by atoms with Crippen molar-refractivity contribution < 1.29 is 47.6 Å². The number of carboxylic acids is 1. The van der Waals surface area contributed by atoms with E-state index in [0.717, 1.165) is 44.4 Å². The second-order valence-corrected chi connectivity index (χ2v) is 16.7. The van der Waals surface area contributed by atoms with E-state index in [1.165, 1.54) is 12.1 Å². The van der Waals surface area contributed by atoms with E-state index in [9.17, 15) is 24.3 Å². The van der Waals surface area contributed by atoms with E-state index < -0.39 is 5.97 Å². The van der Waals surface area contributed by atoms with E-state index in [1.807, 2.05) is 123 Å². The topological polar surface area (TPSA) is 172 Å². The van der Waals surface area contributed by atoms with Gasteiger partial charge in [-0.3, -0.25) is 14.4 Å². The number of ether oxygens (including phenoxy) is 4. The van der Waals surface area contributed by atoms with Gasteiger partial charge in [-0.25, -0.2) is 9.37 Å². The molecule has 0 atom stereocenters. The van der Waals surface area contributed by atoms with Crippen molar-refractivity contribution >= 4 is 46.0 Å². The van der Waals surface area contributed by atoms with Crippen LogP contribution in [0, 0.1) is 11.8 Å². The number of nitrogens with zero attached hydrogens (tertiary/aromatic N) is 3. The predicted octanol–water partition coefficient (Wildman–Crippen LogP) is 5.64. The Kier molecular flexibility index (Phi) is 17.3. The Hall–Kier alpha value is -7.35. The van der Waals surface area contributed by atoms with Crippen molar-refractivity contribution in [1.82, 2.24) is 15.2 Å². The fourth-order valence-corrected chi connectivity index (χ4v) is 7.80. The lowest BCUT2D eigenvalue weighted by Crippen LogP contribution is -2.35. The molecule has 7 rings (SSSR count). The number of hydrogen-bond donors (Lipinski definition) is 3. The van der Waals surface area contributed by atoms with E-state index >= 15 is 0 Å². The molecule has 0 saturated carbocycles. The first-order valence-electron chi connectivity index (χ1n) is 22.9. The van der Waals surface area contributed by atoms with Crippen LogP contribution < -0.4 is 30.4 Å². The first-order valence-corrected chi connectivity index (χ1v) is 22.9. The average Bonchev–Trinajstić information content (AvgIpc) is 3.34. The van der Waals surface area contributed by atoms with Gasteiger partial charge in [0.1, 0.15) is 25.4 Å². The van der Waals surface area contributed by atoms with Gasteiger partial charge in [-0.1, -0.05) is 42.2 Å². The molecule has 3 amide bonds. The van der Waals surface area contributed by atoms with Crippen LogP contribution in [0.1, 0.15) is 50.2 Å². The summed E-state index contributed by atoms with van der Waals surface area (Å²) in [6, 6.07) is 31.6. The number of benzene rings is 5. The minimum absolute atomic E-state index is 0.0609. The molecule has 69 heavy (non-hydrogen) atoms. The highest BCUT2D eigenvalue weighted by atomic mass is 16.6. The maximum Gasteiger partial charge on any atom is 0.336 e. The van der Waals surface area contributed by atoms with Crippen molar-refractivity contribution in [2.45, 2.75) is 19.4 Å². The Morgan fingerprint density at radius 2 is 1.39 bits per heavy atom. The largest absolute Gasteiger partial charge is 0.478 e. The van der Waals surface area contributed by atoms with Gasteiger partial charge in [0.2, 0.25) is 17.2 Å². The SMILES string of the molecule is CN(C)c1ccc2c(-c3cc(C(=O)NCCOCCOCCOCCOCCC(=O)NCCC(=O)N4Cc5ccccc5C#Cc5ccccc54)ccc3C(=O)O)c3ccc(=[N+](C)C)cc-3oc2c1. The summed E-state index contributed by atoms with van der Waals surface area (Å²) in [5.74, 6) is 5.21. The highest BCUT2D eigenvalue weighted by Gasteiger charge is 2.25. The molecule has 0 bridgehead atoms. The number of fused-ring (bicyclic) bond motifs is 4. The molecule has 3 N–H and O–H groups in total. The highest BCUT2D eigenvalue weighted by molar-refractivity contribution is 6.09. The molecule has 1 aliphatic carbocycles. The second kappa shape index (κ2) is 24.1. The summed E-state index contributed by atoms with van der Waals surface area (Å²) in [5, 5.41) is 17.6. The van der Waals surface area contributed by atoms with Crippen LogP contribution in [0.15, 0.2) is 108 Å². The van der Waals surface area contributed by atoms with Gasteiger partial charge in [-0.05, 0) is 65.7 Å². The second-order valence-electron chi connectivity index (χ2n) is 16.7. The number of aromatic carboxylic acids is 1. The molecular formula is C54H58N5O10+. The molecule has 2 aliphatic heterocycles. The van der Waals surface area contributed by atoms with E-state index in [1.54, 1.807) is 11.0 Å². The number of carboxylic acid groups (broad SMARTS) is 1. The van der Waals surface area contributed by atoms with Gasteiger partial charge in [-0.2, -0.15) is 0 Å². The van der Waals surface area contributed by atoms with Gasteiger partial charge in [0.15, 0.2) is 0 Å². The van der Waals surface area contributed by atoms with Gasteiger partial charge in [0.25, 0.3) is 5.91 Å². The van der Waals surface area contributed by atoms with Crippen LogP contribution in [0.3, 0.4) is 0 Å². The summed E-state index contributed by atoms with van der Waals surface area (Å²) in [6.45, 7) is 3.32. The first kappa shape index (κ1) is 49.6. The van der Waals surface area contributed by atoms with E-state index in [0.29, 0.717) is 74.2 Å². The fraction of sp³-hybridized carbons (Fsp3) is 0.315. The van der Waals surface area contributed by atoms with Gasteiger partial charge in [0.05, 0.1) is 76.7 Å². The van der Waals surface area contributed by atoms with E-state index in [2.05, 4.69) is 22.5 Å². The zero-order valence-corrected chi connectivity index (χ0v) is 39.5.